The first-order chi connectivity index (χ1) is 10.2. The zero-order valence-corrected chi connectivity index (χ0v) is 12.9. The molecule has 0 heterocycles. The lowest BCUT2D eigenvalue weighted by Gasteiger charge is -2.26. The van der Waals surface area contributed by atoms with Gasteiger partial charge in [-0.1, -0.05) is 19.8 Å². The molecule has 0 bridgehead atoms. The van der Waals surface area contributed by atoms with Crippen LogP contribution in [-0.4, -0.2) is 26.2 Å². The predicted molar refractivity (Wildman–Crippen MR) is 83.6 cm³/mol. The van der Waals surface area contributed by atoms with Crippen LogP contribution >= 0.6 is 0 Å². The van der Waals surface area contributed by atoms with Crippen LogP contribution in [0.15, 0.2) is 24.3 Å². The van der Waals surface area contributed by atoms with Crippen molar-refractivity contribution >= 4 is 11.7 Å². The zero-order chi connectivity index (χ0) is 15.1. The number of hydrogen-bond acceptors (Lipinski definition) is 4. The number of esters is 1. The molecule has 0 atom stereocenters. The van der Waals surface area contributed by atoms with Crippen LogP contribution in [0.2, 0.25) is 0 Å². The van der Waals surface area contributed by atoms with Crippen LogP contribution in [0.5, 0.6) is 5.75 Å². The first-order valence-corrected chi connectivity index (χ1v) is 7.71. The lowest BCUT2D eigenvalue weighted by Crippen LogP contribution is -2.20. The van der Waals surface area contributed by atoms with E-state index in [9.17, 15) is 4.79 Å². The summed E-state index contributed by atoms with van der Waals surface area (Å²) in [6.45, 7) is 3.33. The Balaban J connectivity index is 1.73. The van der Waals surface area contributed by atoms with Crippen molar-refractivity contribution in [2.45, 2.75) is 32.6 Å². The number of anilines is 1. The molecule has 1 aliphatic carbocycles. The van der Waals surface area contributed by atoms with Gasteiger partial charge in [0.2, 0.25) is 0 Å². The number of carbonyl (C=O) groups excluding carboxylic acids is 1. The topological polar surface area (TPSA) is 47.6 Å². The number of ether oxygens (including phenoxy) is 2. The molecule has 4 nitrogen and oxygen atoms in total. The number of rotatable bonds is 6. The molecular weight excluding hydrogens is 266 g/mol. The number of hydrogen-bond donors (Lipinski definition) is 1. The summed E-state index contributed by atoms with van der Waals surface area (Å²) in [4.78, 5) is 11.0. The van der Waals surface area contributed by atoms with Gasteiger partial charge < -0.3 is 14.8 Å². The molecule has 0 unspecified atom stereocenters. The fourth-order valence-corrected chi connectivity index (χ4v) is 2.67. The van der Waals surface area contributed by atoms with Crippen molar-refractivity contribution in [1.82, 2.24) is 0 Å². The highest BCUT2D eigenvalue weighted by atomic mass is 16.6. The Bertz CT molecular complexity index is 436. The minimum atomic E-state index is -0.372. The van der Waals surface area contributed by atoms with Gasteiger partial charge in [0.25, 0.3) is 0 Å². The molecule has 0 amide bonds. The first-order valence-electron chi connectivity index (χ1n) is 7.71. The minimum Gasteiger partial charge on any atom is -0.482 e. The summed E-state index contributed by atoms with van der Waals surface area (Å²) in [5.74, 6) is 1.99. The molecule has 1 aromatic carbocycles. The summed E-state index contributed by atoms with van der Waals surface area (Å²) in [6.07, 6.45) is 5.36. The van der Waals surface area contributed by atoms with Gasteiger partial charge in [0.15, 0.2) is 6.61 Å². The number of nitrogens with one attached hydrogen (secondary N) is 1. The van der Waals surface area contributed by atoms with E-state index in [-0.39, 0.29) is 12.6 Å². The number of benzene rings is 1. The zero-order valence-electron chi connectivity index (χ0n) is 12.9. The molecule has 1 N–H and O–H groups in total. The van der Waals surface area contributed by atoms with Gasteiger partial charge in [0, 0.05) is 12.2 Å². The molecular formula is C17H25NO3. The van der Waals surface area contributed by atoms with E-state index in [2.05, 4.69) is 17.0 Å². The third-order valence-corrected chi connectivity index (χ3v) is 4.17. The Hall–Kier alpha value is -1.71. The summed E-state index contributed by atoms with van der Waals surface area (Å²) in [5, 5.41) is 3.49. The molecule has 0 radical (unpaired) electrons. The van der Waals surface area contributed by atoms with Crippen LogP contribution in [0.3, 0.4) is 0 Å². The molecule has 2 rings (SSSR count). The molecule has 0 spiro atoms. The van der Waals surface area contributed by atoms with Gasteiger partial charge in [0.05, 0.1) is 7.11 Å². The fourth-order valence-electron chi connectivity index (χ4n) is 2.67. The van der Waals surface area contributed by atoms with E-state index in [1.807, 2.05) is 24.3 Å². The SMILES string of the molecule is COC(=O)COc1ccc(NCC2CCC(C)CC2)cc1. The van der Waals surface area contributed by atoms with Gasteiger partial charge in [-0.2, -0.15) is 0 Å². The van der Waals surface area contributed by atoms with E-state index >= 15 is 0 Å². The summed E-state index contributed by atoms with van der Waals surface area (Å²) in [6, 6.07) is 7.71. The Kier molecular flexibility index (Phi) is 5.90. The van der Waals surface area contributed by atoms with E-state index in [1.54, 1.807) is 0 Å². The molecule has 1 aromatic rings. The molecule has 1 saturated carbocycles. The average Bonchev–Trinajstić information content (AvgIpc) is 2.53. The van der Waals surface area contributed by atoms with Gasteiger partial charge >= 0.3 is 5.97 Å². The van der Waals surface area contributed by atoms with Gasteiger partial charge in [-0.15, -0.1) is 0 Å². The fraction of sp³-hybridized carbons (Fsp3) is 0.588. The maximum absolute atomic E-state index is 11.0. The summed E-state index contributed by atoms with van der Waals surface area (Å²) in [5.41, 5.74) is 1.10. The summed E-state index contributed by atoms with van der Waals surface area (Å²) >= 11 is 0. The Morgan fingerprint density at radius 1 is 1.19 bits per heavy atom. The lowest BCUT2D eigenvalue weighted by atomic mass is 9.83. The second kappa shape index (κ2) is 7.91. The molecule has 21 heavy (non-hydrogen) atoms. The molecule has 4 heteroatoms. The maximum Gasteiger partial charge on any atom is 0.343 e. The van der Waals surface area contributed by atoms with Crippen molar-refractivity contribution in [2.24, 2.45) is 11.8 Å². The number of carbonyl (C=O) groups is 1. The second-order valence-corrected chi connectivity index (χ2v) is 5.90. The van der Waals surface area contributed by atoms with E-state index in [4.69, 9.17) is 4.74 Å². The van der Waals surface area contributed by atoms with Crippen molar-refractivity contribution < 1.29 is 14.3 Å². The Morgan fingerprint density at radius 3 is 2.48 bits per heavy atom. The highest BCUT2D eigenvalue weighted by molar-refractivity contribution is 5.70. The summed E-state index contributed by atoms with van der Waals surface area (Å²) in [7, 11) is 1.35. The van der Waals surface area contributed by atoms with Crippen LogP contribution in [0.1, 0.15) is 32.6 Å². The van der Waals surface area contributed by atoms with Crippen molar-refractivity contribution in [1.29, 1.82) is 0 Å². The van der Waals surface area contributed by atoms with Gasteiger partial charge in [-0.3, -0.25) is 0 Å². The van der Waals surface area contributed by atoms with Crippen molar-refractivity contribution in [3.05, 3.63) is 24.3 Å². The molecule has 116 valence electrons. The molecule has 0 saturated heterocycles. The minimum absolute atomic E-state index is 0.0520. The number of methoxy groups -OCH3 is 1. The molecule has 0 aliphatic heterocycles. The molecule has 1 aliphatic rings. The summed E-state index contributed by atoms with van der Waals surface area (Å²) < 4.78 is 9.85. The van der Waals surface area contributed by atoms with Crippen LogP contribution < -0.4 is 10.1 Å². The monoisotopic (exact) mass is 291 g/mol. The van der Waals surface area contributed by atoms with Gasteiger partial charge in [0.1, 0.15) is 5.75 Å². The van der Waals surface area contributed by atoms with E-state index in [1.165, 1.54) is 32.8 Å². The third-order valence-electron chi connectivity index (χ3n) is 4.17. The molecule has 0 aromatic heterocycles. The standard InChI is InChI=1S/C17H25NO3/c1-13-3-5-14(6-4-13)11-18-15-7-9-16(10-8-15)21-12-17(19)20-2/h7-10,13-14,18H,3-6,11-12H2,1-2H3. The van der Waals surface area contributed by atoms with E-state index < -0.39 is 0 Å². The third kappa shape index (κ3) is 5.29. The van der Waals surface area contributed by atoms with Crippen molar-refractivity contribution in [3.8, 4) is 5.75 Å². The van der Waals surface area contributed by atoms with Crippen molar-refractivity contribution in [2.75, 3.05) is 25.6 Å². The Labute approximate surface area is 126 Å². The lowest BCUT2D eigenvalue weighted by molar-refractivity contribution is -0.142. The largest absolute Gasteiger partial charge is 0.482 e. The van der Waals surface area contributed by atoms with Crippen LogP contribution in [0.25, 0.3) is 0 Å². The smallest absolute Gasteiger partial charge is 0.343 e. The van der Waals surface area contributed by atoms with Crippen LogP contribution in [-0.2, 0) is 9.53 Å². The Morgan fingerprint density at radius 2 is 1.86 bits per heavy atom. The highest BCUT2D eigenvalue weighted by Gasteiger charge is 2.17. The predicted octanol–water partition coefficient (Wildman–Crippen LogP) is 3.48. The van der Waals surface area contributed by atoms with Crippen molar-refractivity contribution in [3.63, 3.8) is 0 Å². The normalized spacial score (nSPS) is 21.6. The van der Waals surface area contributed by atoms with E-state index in [0.717, 1.165) is 24.1 Å². The van der Waals surface area contributed by atoms with Gasteiger partial charge in [-0.05, 0) is 48.9 Å². The van der Waals surface area contributed by atoms with E-state index in [0.29, 0.717) is 5.75 Å². The molecule has 1 fully saturated rings. The first kappa shape index (κ1) is 15.7. The second-order valence-electron chi connectivity index (χ2n) is 5.90. The average molecular weight is 291 g/mol. The quantitative estimate of drug-likeness (QED) is 0.815. The van der Waals surface area contributed by atoms with Crippen LogP contribution in [0, 0.1) is 11.8 Å². The van der Waals surface area contributed by atoms with Crippen LogP contribution in [0.4, 0.5) is 5.69 Å². The highest BCUT2D eigenvalue weighted by Crippen LogP contribution is 2.28. The van der Waals surface area contributed by atoms with Gasteiger partial charge in [-0.25, -0.2) is 4.79 Å². The maximum atomic E-state index is 11.0.